The summed E-state index contributed by atoms with van der Waals surface area (Å²) in [4.78, 5) is 60.8. The Balaban J connectivity index is 0.665. The predicted molar refractivity (Wildman–Crippen MR) is 290 cm³/mol. The van der Waals surface area contributed by atoms with E-state index in [0.717, 1.165) is 83.1 Å². The lowest BCUT2D eigenvalue weighted by molar-refractivity contribution is -0.134. The quantitative estimate of drug-likeness (QED) is 0.0990. The number of aryl methyl sites for hydroxylation is 2. The largest absolute Gasteiger partial charge is 0.508 e. The van der Waals surface area contributed by atoms with E-state index in [9.17, 15) is 24.6 Å². The number of amides is 3. The van der Waals surface area contributed by atoms with E-state index in [4.69, 9.17) is 19.4 Å². The molecule has 0 saturated carbocycles. The van der Waals surface area contributed by atoms with E-state index >= 15 is 13.2 Å². The summed E-state index contributed by atoms with van der Waals surface area (Å²) in [7, 11) is 1.80. The van der Waals surface area contributed by atoms with E-state index in [1.807, 2.05) is 22.8 Å². The number of aliphatic hydroxyl groups is 1. The molecule has 6 aliphatic heterocycles. The number of likely N-dealkylation sites (tertiary alicyclic amines) is 2. The minimum absolute atomic E-state index is 0.00459. The molecule has 79 heavy (non-hydrogen) atoms. The fourth-order valence-corrected chi connectivity index (χ4v) is 14.1. The Morgan fingerprint density at radius 1 is 0.899 bits per heavy atom. The standard InChI is InChI=1S/C59H69F3N10O7/c1-4-39-45(60)9-7-36-25-38(73)26-43(49(36)39)52-50(62)53-44(29-63-52)54(71-19-5-16-58(2,77)32-71)66-56(65-53)79-33-59-17-6-20-72(59)37(11-18-59)31-78-57(76)70-23-12-34(13-24-70)30-69-21-14-35(15-22-69)41-28-47-42(27-46(41)61)51(67-68(47)3)40-8-10-48(74)64-55(40)75/h7,9,25-29,34-35,37,40,73,77H,4-6,8,10-24,30-33H2,1-3H3,(H,64,74,75)/t37-,40?,58+,59-/m0/s1. The Bertz CT molecular complexity index is 3380. The fraction of sp³-hybridized carbons (Fsp3) is 0.542. The van der Waals surface area contributed by atoms with E-state index in [1.165, 1.54) is 30.5 Å². The van der Waals surface area contributed by atoms with Gasteiger partial charge in [-0.25, -0.2) is 18.0 Å². The third kappa shape index (κ3) is 10.1. The van der Waals surface area contributed by atoms with Gasteiger partial charge in [-0.1, -0.05) is 13.0 Å². The summed E-state index contributed by atoms with van der Waals surface area (Å²) in [6.45, 7) is 9.56. The van der Waals surface area contributed by atoms with Crippen LogP contribution in [-0.2, 0) is 27.8 Å². The SMILES string of the molecule is CCc1c(F)ccc2cc(O)cc(-c3ncc4c(N5CCC[C@@](C)(O)C5)nc(OC[C@@]56CCCN5[C@H](COC(=O)N5CCC(CN7CCC(c8cc9c(cc8F)c(C8CCC(=O)NC8=O)nn9C)CC7)CC5)CC6)nc4c3F)c12. The number of piperidine rings is 4. The van der Waals surface area contributed by atoms with Crippen molar-refractivity contribution in [3.8, 4) is 23.0 Å². The molecule has 1 unspecified atom stereocenters. The number of hydrogen-bond donors (Lipinski definition) is 3. The molecule has 17 nitrogen and oxygen atoms in total. The summed E-state index contributed by atoms with van der Waals surface area (Å²) in [5.41, 5.74) is 1.07. The van der Waals surface area contributed by atoms with Gasteiger partial charge < -0.3 is 34.4 Å². The van der Waals surface area contributed by atoms with Gasteiger partial charge >= 0.3 is 12.1 Å². The van der Waals surface area contributed by atoms with Crippen LogP contribution in [0.4, 0.5) is 23.8 Å². The van der Waals surface area contributed by atoms with Crippen molar-refractivity contribution in [1.82, 2.24) is 44.7 Å². The second-order valence-electron chi connectivity index (χ2n) is 23.5. The highest BCUT2D eigenvalue weighted by Gasteiger charge is 2.50. The van der Waals surface area contributed by atoms with Crippen molar-refractivity contribution >= 4 is 56.3 Å². The number of anilines is 1. The Morgan fingerprint density at radius 2 is 1.70 bits per heavy atom. The van der Waals surface area contributed by atoms with Gasteiger partial charge in [0.15, 0.2) is 5.82 Å². The molecule has 3 amide bonds. The molecule has 0 radical (unpaired) electrons. The maximum Gasteiger partial charge on any atom is 0.409 e. The molecule has 3 aromatic heterocycles. The summed E-state index contributed by atoms with van der Waals surface area (Å²) in [5, 5.41) is 30.9. The van der Waals surface area contributed by atoms with E-state index in [0.29, 0.717) is 95.4 Å². The van der Waals surface area contributed by atoms with E-state index in [2.05, 4.69) is 25.2 Å². The average molecular weight is 1090 g/mol. The molecule has 6 fully saturated rings. The van der Waals surface area contributed by atoms with Crippen LogP contribution in [0.2, 0.25) is 0 Å². The second-order valence-corrected chi connectivity index (χ2v) is 23.5. The molecule has 0 spiro atoms. The van der Waals surface area contributed by atoms with Crippen LogP contribution in [0.3, 0.4) is 0 Å². The maximum atomic E-state index is 17.3. The summed E-state index contributed by atoms with van der Waals surface area (Å²) in [6.07, 6.45) is 10.2. The Kier molecular flexibility index (Phi) is 14.2. The molecule has 6 aromatic rings. The lowest BCUT2D eigenvalue weighted by Gasteiger charge is -2.38. The minimum atomic E-state index is -1.01. The van der Waals surface area contributed by atoms with Crippen molar-refractivity contribution in [2.75, 3.05) is 70.5 Å². The minimum Gasteiger partial charge on any atom is -0.508 e. The van der Waals surface area contributed by atoms with Gasteiger partial charge in [0.25, 0.3) is 0 Å². The van der Waals surface area contributed by atoms with Gasteiger partial charge in [-0.3, -0.25) is 29.5 Å². The number of aromatic hydroxyl groups is 1. The van der Waals surface area contributed by atoms with Crippen LogP contribution in [0.5, 0.6) is 11.8 Å². The molecule has 9 heterocycles. The molecule has 0 bridgehead atoms. The first-order valence-electron chi connectivity index (χ1n) is 28.4. The van der Waals surface area contributed by atoms with Crippen molar-refractivity contribution < 1.29 is 47.2 Å². The van der Waals surface area contributed by atoms with Gasteiger partial charge in [-0.15, -0.1) is 0 Å². The van der Waals surface area contributed by atoms with E-state index < -0.39 is 23.2 Å². The number of hydrogen-bond acceptors (Lipinski definition) is 14. The molecule has 418 valence electrons. The van der Waals surface area contributed by atoms with Gasteiger partial charge in [0.2, 0.25) is 11.8 Å². The molecule has 4 atom stereocenters. The number of imide groups is 1. The highest BCUT2D eigenvalue weighted by atomic mass is 19.1. The lowest BCUT2D eigenvalue weighted by atomic mass is 9.86. The number of nitrogens with one attached hydrogen (secondary N) is 1. The number of phenols is 1. The summed E-state index contributed by atoms with van der Waals surface area (Å²) in [6, 6.07) is 9.22. The van der Waals surface area contributed by atoms with Gasteiger partial charge in [0.1, 0.15) is 47.6 Å². The summed E-state index contributed by atoms with van der Waals surface area (Å²) >= 11 is 0. The number of β-amino-alcohol motifs (C(OH)–C–C–N with tert-alkyl or cyclic N) is 1. The number of phenolic OH excluding ortho intramolecular Hbond substituents is 1. The van der Waals surface area contributed by atoms with E-state index in [1.54, 1.807) is 24.7 Å². The number of nitrogens with zero attached hydrogens (tertiary/aromatic N) is 9. The summed E-state index contributed by atoms with van der Waals surface area (Å²) in [5.74, 6) is -2.00. The summed E-state index contributed by atoms with van der Waals surface area (Å²) < 4.78 is 62.7. The zero-order valence-corrected chi connectivity index (χ0v) is 45.2. The van der Waals surface area contributed by atoms with Gasteiger partial charge in [-0.2, -0.15) is 15.1 Å². The smallest absolute Gasteiger partial charge is 0.409 e. The van der Waals surface area contributed by atoms with Crippen molar-refractivity contribution in [2.24, 2.45) is 13.0 Å². The van der Waals surface area contributed by atoms with Gasteiger partial charge in [0.05, 0.1) is 33.7 Å². The molecular weight excluding hydrogens is 1020 g/mol. The Morgan fingerprint density at radius 3 is 2.47 bits per heavy atom. The van der Waals surface area contributed by atoms with Crippen LogP contribution < -0.4 is 15.0 Å². The predicted octanol–water partition coefficient (Wildman–Crippen LogP) is 8.39. The van der Waals surface area contributed by atoms with Crippen LogP contribution in [0.1, 0.15) is 120 Å². The van der Waals surface area contributed by atoms with Gasteiger partial charge in [-0.05, 0) is 168 Å². The average Bonchev–Trinajstić information content (AvgIpc) is 4.31. The normalized spacial score (nSPS) is 24.7. The fourth-order valence-electron chi connectivity index (χ4n) is 14.1. The number of rotatable bonds is 12. The number of aromatic nitrogens is 5. The Labute approximate surface area is 456 Å². The number of fused-ring (bicyclic) bond motifs is 4. The third-order valence-electron chi connectivity index (χ3n) is 18.3. The van der Waals surface area contributed by atoms with Crippen molar-refractivity contribution in [1.29, 1.82) is 0 Å². The first-order valence-corrected chi connectivity index (χ1v) is 28.4. The maximum absolute atomic E-state index is 17.3. The number of carbonyl (C=O) groups excluding carboxylic acids is 3. The molecule has 3 aromatic carbocycles. The van der Waals surface area contributed by atoms with Gasteiger partial charge in [0, 0.05) is 69.4 Å². The van der Waals surface area contributed by atoms with Crippen LogP contribution in [0.25, 0.3) is 43.8 Å². The number of benzene rings is 3. The third-order valence-corrected chi connectivity index (χ3v) is 18.3. The first kappa shape index (κ1) is 53.0. The highest BCUT2D eigenvalue weighted by molar-refractivity contribution is 6.03. The van der Waals surface area contributed by atoms with Crippen molar-refractivity contribution in [2.45, 2.75) is 126 Å². The first-order chi connectivity index (χ1) is 38.0. The number of carbonyl (C=O) groups is 3. The molecule has 6 saturated heterocycles. The topological polar surface area (TPSA) is 192 Å². The Hall–Kier alpha value is -6.64. The number of halogens is 3. The van der Waals surface area contributed by atoms with Crippen LogP contribution in [-0.4, -0.2) is 150 Å². The number of pyridine rings is 1. The van der Waals surface area contributed by atoms with Crippen LogP contribution in [0.15, 0.2) is 42.6 Å². The van der Waals surface area contributed by atoms with Crippen molar-refractivity contribution in [3.63, 3.8) is 0 Å². The van der Waals surface area contributed by atoms with Crippen LogP contribution in [0, 0.1) is 23.4 Å². The second kappa shape index (κ2) is 21.1. The molecule has 20 heteroatoms. The van der Waals surface area contributed by atoms with E-state index in [-0.39, 0.29) is 95.9 Å². The molecule has 12 rings (SSSR count). The monoisotopic (exact) mass is 1090 g/mol. The lowest BCUT2D eigenvalue weighted by Crippen LogP contribution is -2.49. The molecule has 6 aliphatic rings. The zero-order valence-electron chi connectivity index (χ0n) is 45.2. The highest BCUT2D eigenvalue weighted by Crippen LogP contribution is 2.45. The molecule has 3 N–H and O–H groups in total. The molecular formula is C59H69F3N10O7. The molecule has 0 aliphatic carbocycles. The zero-order chi connectivity index (χ0) is 54.9. The number of ether oxygens (including phenoxy) is 2. The van der Waals surface area contributed by atoms with Crippen LogP contribution >= 0.6 is 0 Å². The van der Waals surface area contributed by atoms with Crippen molar-refractivity contribution in [3.05, 3.63) is 76.9 Å².